The van der Waals surface area contributed by atoms with Crippen molar-refractivity contribution in [3.8, 4) is 0 Å². The molecular weight excluding hydrogens is 296 g/mol. The second kappa shape index (κ2) is 6.81. The van der Waals surface area contributed by atoms with Crippen LogP contribution in [0.25, 0.3) is 11.0 Å². The highest BCUT2D eigenvalue weighted by atomic mass is 16.5. The number of carbonyl (C=O) groups excluding carboxylic acids is 1. The summed E-state index contributed by atoms with van der Waals surface area (Å²) >= 11 is 0. The molecule has 122 valence electrons. The number of carbonyl (C=O) groups is 2. The molecule has 0 spiro atoms. The first-order valence-corrected chi connectivity index (χ1v) is 8.00. The molecule has 0 aliphatic heterocycles. The van der Waals surface area contributed by atoms with Crippen LogP contribution in [0.4, 0.5) is 0 Å². The van der Waals surface area contributed by atoms with Gasteiger partial charge in [0.15, 0.2) is 5.58 Å². The fourth-order valence-electron chi connectivity index (χ4n) is 3.25. The maximum absolute atomic E-state index is 12.3. The van der Waals surface area contributed by atoms with Crippen LogP contribution in [0.2, 0.25) is 0 Å². The smallest absolute Gasteiger partial charge is 0.308 e. The quantitative estimate of drug-likeness (QED) is 0.846. The van der Waals surface area contributed by atoms with Crippen LogP contribution in [0.1, 0.15) is 37.8 Å². The lowest BCUT2D eigenvalue weighted by Gasteiger charge is -2.22. The van der Waals surface area contributed by atoms with Crippen LogP contribution >= 0.6 is 0 Å². The molecule has 23 heavy (non-hydrogen) atoms. The molecule has 1 aliphatic rings. The summed E-state index contributed by atoms with van der Waals surface area (Å²) in [5.74, 6) is -1.54. The lowest BCUT2D eigenvalue weighted by Crippen LogP contribution is -2.43. The van der Waals surface area contributed by atoms with Crippen molar-refractivity contribution in [2.75, 3.05) is 0 Å². The molecule has 1 saturated carbocycles. The predicted molar refractivity (Wildman–Crippen MR) is 83.9 cm³/mol. The zero-order chi connectivity index (χ0) is 16.2. The maximum Gasteiger partial charge on any atom is 0.308 e. The van der Waals surface area contributed by atoms with Gasteiger partial charge in [-0.2, -0.15) is 0 Å². The van der Waals surface area contributed by atoms with Crippen LogP contribution in [0.3, 0.4) is 0 Å². The third-order valence-electron chi connectivity index (χ3n) is 4.46. The first kappa shape index (κ1) is 15.5. The van der Waals surface area contributed by atoms with E-state index < -0.39 is 11.9 Å². The predicted octanol–water partition coefficient (Wildman–Crippen LogP) is 2.52. The van der Waals surface area contributed by atoms with Gasteiger partial charge in [-0.25, -0.2) is 0 Å². The first-order chi connectivity index (χ1) is 11.1. The lowest BCUT2D eigenvalue weighted by atomic mass is 9.94. The Bertz CT molecular complexity index is 709. The maximum atomic E-state index is 12.3. The fraction of sp³-hybridized carbons (Fsp3) is 0.471. The van der Waals surface area contributed by atoms with Gasteiger partial charge in [0.05, 0.1) is 12.3 Å². The van der Waals surface area contributed by atoms with Crippen molar-refractivity contribution in [3.63, 3.8) is 0 Å². The summed E-state index contributed by atoms with van der Waals surface area (Å²) in [7, 11) is 0. The fourth-order valence-corrected chi connectivity index (χ4v) is 3.25. The number of para-hydroxylation sites is 1. The molecule has 1 aromatic carbocycles. The molecule has 1 fully saturated rings. The van der Waals surface area contributed by atoms with E-state index in [1.165, 1.54) is 0 Å². The summed E-state index contributed by atoms with van der Waals surface area (Å²) in [6.45, 7) is 0. The number of fused-ring (bicyclic) bond motifs is 1. The standard InChI is InChI=1S/C17H20N2O4/c20-16(10-14-11-6-4-5-9-15(11)23-19-14)18-13-8-3-1-2-7-12(13)17(21)22/h4-6,9,12-13H,1-3,7-8,10H2,(H,18,20)(H,21,22)/t12-,13+/m1/s1. The Balaban J connectivity index is 1.69. The average Bonchev–Trinajstić information content (AvgIpc) is 2.77. The summed E-state index contributed by atoms with van der Waals surface area (Å²) in [4.78, 5) is 23.7. The van der Waals surface area contributed by atoms with Crippen molar-refractivity contribution in [1.29, 1.82) is 0 Å². The minimum Gasteiger partial charge on any atom is -0.481 e. The zero-order valence-corrected chi connectivity index (χ0v) is 12.8. The van der Waals surface area contributed by atoms with Crippen LogP contribution < -0.4 is 5.32 Å². The number of hydrogen-bond donors (Lipinski definition) is 2. The third-order valence-corrected chi connectivity index (χ3v) is 4.46. The number of benzene rings is 1. The summed E-state index contributed by atoms with van der Waals surface area (Å²) in [5.41, 5.74) is 1.23. The van der Waals surface area contributed by atoms with Crippen molar-refractivity contribution in [2.24, 2.45) is 5.92 Å². The summed E-state index contributed by atoms with van der Waals surface area (Å²) in [6, 6.07) is 7.07. The summed E-state index contributed by atoms with van der Waals surface area (Å²) < 4.78 is 5.20. The second-order valence-electron chi connectivity index (χ2n) is 6.06. The number of hydrogen-bond acceptors (Lipinski definition) is 4. The van der Waals surface area contributed by atoms with E-state index in [2.05, 4.69) is 10.5 Å². The van der Waals surface area contributed by atoms with Crippen LogP contribution in [-0.4, -0.2) is 28.2 Å². The Morgan fingerprint density at radius 1 is 1.22 bits per heavy atom. The van der Waals surface area contributed by atoms with Gasteiger partial charge in [0.1, 0.15) is 5.69 Å². The van der Waals surface area contributed by atoms with E-state index in [4.69, 9.17) is 4.52 Å². The normalized spacial score (nSPS) is 21.7. The van der Waals surface area contributed by atoms with Gasteiger partial charge in [0.2, 0.25) is 5.91 Å². The minimum absolute atomic E-state index is 0.0971. The number of amides is 1. The number of carboxylic acid groups (broad SMARTS) is 1. The van der Waals surface area contributed by atoms with E-state index in [0.717, 1.165) is 24.6 Å². The molecular formula is C17H20N2O4. The van der Waals surface area contributed by atoms with E-state index in [9.17, 15) is 14.7 Å². The molecule has 0 radical (unpaired) electrons. The molecule has 2 atom stereocenters. The molecule has 6 nitrogen and oxygen atoms in total. The van der Waals surface area contributed by atoms with Gasteiger partial charge in [-0.05, 0) is 25.0 Å². The number of aromatic nitrogens is 1. The molecule has 0 saturated heterocycles. The molecule has 6 heteroatoms. The number of aliphatic carboxylic acids is 1. The minimum atomic E-state index is -0.830. The molecule has 0 unspecified atom stereocenters. The first-order valence-electron chi connectivity index (χ1n) is 8.00. The van der Waals surface area contributed by atoms with Gasteiger partial charge in [-0.1, -0.05) is 36.6 Å². The van der Waals surface area contributed by atoms with E-state index in [0.29, 0.717) is 24.1 Å². The highest BCUT2D eigenvalue weighted by molar-refractivity contribution is 5.86. The van der Waals surface area contributed by atoms with Crippen molar-refractivity contribution >= 4 is 22.8 Å². The molecule has 1 heterocycles. The van der Waals surface area contributed by atoms with Crippen molar-refractivity contribution in [2.45, 2.75) is 44.6 Å². The third kappa shape index (κ3) is 3.52. The monoisotopic (exact) mass is 316 g/mol. The number of nitrogens with zero attached hydrogens (tertiary/aromatic N) is 1. The molecule has 3 rings (SSSR count). The van der Waals surface area contributed by atoms with Crippen molar-refractivity contribution in [3.05, 3.63) is 30.0 Å². The SMILES string of the molecule is O=C(Cc1noc2ccccc12)N[C@H]1CCCCC[C@H]1C(=O)O. The average molecular weight is 316 g/mol. The highest BCUT2D eigenvalue weighted by Gasteiger charge is 2.30. The summed E-state index contributed by atoms with van der Waals surface area (Å²) in [5, 5.41) is 17.0. The number of carboxylic acids is 1. The van der Waals surface area contributed by atoms with Crippen LogP contribution in [0.5, 0.6) is 0 Å². The Labute approximate surface area is 133 Å². The van der Waals surface area contributed by atoms with Gasteiger partial charge < -0.3 is 14.9 Å². The number of nitrogens with one attached hydrogen (secondary N) is 1. The van der Waals surface area contributed by atoms with Crippen LogP contribution in [-0.2, 0) is 16.0 Å². The van der Waals surface area contributed by atoms with E-state index in [-0.39, 0.29) is 18.4 Å². The van der Waals surface area contributed by atoms with Gasteiger partial charge >= 0.3 is 5.97 Å². The molecule has 1 amide bonds. The van der Waals surface area contributed by atoms with Gasteiger partial charge in [-0.15, -0.1) is 0 Å². The zero-order valence-electron chi connectivity index (χ0n) is 12.8. The van der Waals surface area contributed by atoms with Gasteiger partial charge in [-0.3, -0.25) is 9.59 Å². The van der Waals surface area contributed by atoms with Crippen LogP contribution in [0.15, 0.2) is 28.8 Å². The Morgan fingerprint density at radius 3 is 2.83 bits per heavy atom. The Morgan fingerprint density at radius 2 is 2.00 bits per heavy atom. The van der Waals surface area contributed by atoms with Gasteiger partial charge in [0.25, 0.3) is 0 Å². The topological polar surface area (TPSA) is 92.4 Å². The van der Waals surface area contributed by atoms with Crippen molar-refractivity contribution < 1.29 is 19.2 Å². The molecule has 1 aliphatic carbocycles. The molecule has 1 aromatic heterocycles. The highest BCUT2D eigenvalue weighted by Crippen LogP contribution is 2.24. The van der Waals surface area contributed by atoms with Crippen LogP contribution in [0, 0.1) is 5.92 Å². The largest absolute Gasteiger partial charge is 0.481 e. The summed E-state index contributed by atoms with van der Waals surface area (Å²) in [6.07, 6.45) is 4.29. The van der Waals surface area contributed by atoms with Gasteiger partial charge in [0, 0.05) is 11.4 Å². The van der Waals surface area contributed by atoms with E-state index in [1.54, 1.807) is 6.07 Å². The second-order valence-corrected chi connectivity index (χ2v) is 6.06. The number of rotatable bonds is 4. The van der Waals surface area contributed by atoms with E-state index in [1.807, 2.05) is 18.2 Å². The molecule has 2 N–H and O–H groups in total. The molecule has 2 aromatic rings. The Kier molecular flexibility index (Phi) is 4.60. The molecule has 0 bridgehead atoms. The Hall–Kier alpha value is -2.37. The van der Waals surface area contributed by atoms with Crippen molar-refractivity contribution in [1.82, 2.24) is 10.5 Å². The van der Waals surface area contributed by atoms with E-state index >= 15 is 0 Å². The lowest BCUT2D eigenvalue weighted by molar-refractivity contribution is -0.143.